The average Bonchev–Trinajstić information content (AvgIpc) is 2.37. The zero-order valence-electron chi connectivity index (χ0n) is 11.8. The summed E-state index contributed by atoms with van der Waals surface area (Å²) in [4.78, 5) is 24.9. The molecule has 0 aromatic rings. The molecule has 5 nitrogen and oxygen atoms in total. The van der Waals surface area contributed by atoms with E-state index in [2.05, 4.69) is 4.74 Å². The van der Waals surface area contributed by atoms with Crippen molar-refractivity contribution in [3.05, 3.63) is 0 Å². The number of esters is 1. The summed E-state index contributed by atoms with van der Waals surface area (Å²) in [5, 5.41) is -0.586. The van der Waals surface area contributed by atoms with E-state index in [1.807, 2.05) is 13.8 Å². The fourth-order valence-corrected chi connectivity index (χ4v) is 2.86. The topological polar surface area (TPSA) is 63.7 Å². The molecule has 0 aliphatic heterocycles. The first-order valence-electron chi connectivity index (χ1n) is 6.12. The fraction of sp³-hybridized carbons (Fsp3) is 0.833. The average molecular weight is 277 g/mol. The minimum Gasteiger partial charge on any atom is -0.469 e. The van der Waals surface area contributed by atoms with Gasteiger partial charge in [-0.05, 0) is 20.8 Å². The van der Waals surface area contributed by atoms with Gasteiger partial charge >= 0.3 is 5.97 Å². The third-order valence-corrected chi connectivity index (χ3v) is 4.65. The molecule has 0 bridgehead atoms. The van der Waals surface area contributed by atoms with Crippen LogP contribution in [0.25, 0.3) is 0 Å². The number of carbonyl (C=O) groups excluding carboxylic acids is 2. The highest BCUT2D eigenvalue weighted by Gasteiger charge is 2.26. The second kappa shape index (κ2) is 8.24. The predicted molar refractivity (Wildman–Crippen MR) is 71.6 cm³/mol. The Hall–Kier alpha value is -0.910. The quantitative estimate of drug-likeness (QED) is 0.646. The van der Waals surface area contributed by atoms with Gasteiger partial charge in [0.15, 0.2) is 0 Å². The Labute approximate surface area is 111 Å². The van der Waals surface area contributed by atoms with Crippen molar-refractivity contribution in [2.75, 3.05) is 26.0 Å². The standard InChI is InChI=1S/C12H23NO4S/c1-6-13(7-2)11(14)10(4)18(16)8-9(3)12(15)17-5/h9-10H,6-8H2,1-5H3. The van der Waals surface area contributed by atoms with Gasteiger partial charge < -0.3 is 9.64 Å². The van der Waals surface area contributed by atoms with Crippen LogP contribution in [0.3, 0.4) is 0 Å². The van der Waals surface area contributed by atoms with E-state index in [1.165, 1.54) is 7.11 Å². The molecule has 0 aromatic heterocycles. The summed E-state index contributed by atoms with van der Waals surface area (Å²) in [5.74, 6) is -0.829. The van der Waals surface area contributed by atoms with Crippen molar-refractivity contribution in [1.29, 1.82) is 0 Å². The number of ether oxygens (including phenoxy) is 1. The number of carbonyl (C=O) groups is 2. The zero-order chi connectivity index (χ0) is 14.3. The van der Waals surface area contributed by atoms with Gasteiger partial charge in [-0.15, -0.1) is 0 Å². The molecule has 0 N–H and O–H groups in total. The third kappa shape index (κ3) is 4.76. The molecule has 6 heteroatoms. The molecule has 0 fully saturated rings. The van der Waals surface area contributed by atoms with E-state index in [-0.39, 0.29) is 11.7 Å². The van der Waals surface area contributed by atoms with E-state index in [0.29, 0.717) is 13.1 Å². The second-order valence-electron chi connectivity index (χ2n) is 4.12. The molecule has 3 atom stereocenters. The van der Waals surface area contributed by atoms with Crippen LogP contribution in [0.2, 0.25) is 0 Å². The van der Waals surface area contributed by atoms with Crippen molar-refractivity contribution in [2.24, 2.45) is 5.92 Å². The summed E-state index contributed by atoms with van der Waals surface area (Å²) in [6, 6.07) is 0. The molecule has 1 amide bonds. The first kappa shape index (κ1) is 17.1. The molecule has 3 unspecified atom stereocenters. The highest BCUT2D eigenvalue weighted by atomic mass is 32.2. The SMILES string of the molecule is CCN(CC)C(=O)C(C)S(=O)CC(C)C(=O)OC. The number of hydrogen-bond donors (Lipinski definition) is 0. The molecule has 106 valence electrons. The van der Waals surface area contributed by atoms with Crippen LogP contribution in [0.4, 0.5) is 0 Å². The number of nitrogens with zero attached hydrogens (tertiary/aromatic N) is 1. The van der Waals surface area contributed by atoms with Crippen LogP contribution in [-0.2, 0) is 25.1 Å². The Morgan fingerprint density at radius 1 is 1.22 bits per heavy atom. The number of amides is 1. The zero-order valence-corrected chi connectivity index (χ0v) is 12.6. The van der Waals surface area contributed by atoms with E-state index in [0.717, 1.165) is 0 Å². The van der Waals surface area contributed by atoms with Gasteiger partial charge in [0, 0.05) is 29.6 Å². The summed E-state index contributed by atoms with van der Waals surface area (Å²) in [6.45, 7) is 8.26. The van der Waals surface area contributed by atoms with Gasteiger partial charge in [-0.25, -0.2) is 0 Å². The smallest absolute Gasteiger partial charge is 0.309 e. The van der Waals surface area contributed by atoms with Crippen molar-refractivity contribution >= 4 is 22.7 Å². The third-order valence-electron chi connectivity index (χ3n) is 2.84. The van der Waals surface area contributed by atoms with Gasteiger partial charge in [0.2, 0.25) is 5.91 Å². The van der Waals surface area contributed by atoms with Crippen molar-refractivity contribution < 1.29 is 18.5 Å². The van der Waals surface area contributed by atoms with Crippen molar-refractivity contribution in [3.8, 4) is 0 Å². The summed E-state index contributed by atoms with van der Waals surface area (Å²) < 4.78 is 16.6. The first-order valence-corrected chi connectivity index (χ1v) is 7.50. The lowest BCUT2D eigenvalue weighted by Gasteiger charge is -2.23. The van der Waals surface area contributed by atoms with Crippen LogP contribution in [0.1, 0.15) is 27.7 Å². The molecule has 0 rings (SSSR count). The van der Waals surface area contributed by atoms with Crippen LogP contribution in [0.15, 0.2) is 0 Å². The Bertz CT molecular complexity index is 315. The van der Waals surface area contributed by atoms with Gasteiger partial charge in [-0.2, -0.15) is 0 Å². The van der Waals surface area contributed by atoms with Crippen LogP contribution < -0.4 is 0 Å². The van der Waals surface area contributed by atoms with Crippen LogP contribution >= 0.6 is 0 Å². The molecular weight excluding hydrogens is 254 g/mol. The minimum absolute atomic E-state index is 0.129. The number of hydrogen-bond acceptors (Lipinski definition) is 4. The van der Waals surface area contributed by atoms with Crippen molar-refractivity contribution in [3.63, 3.8) is 0 Å². The maximum Gasteiger partial charge on any atom is 0.309 e. The lowest BCUT2D eigenvalue weighted by atomic mass is 10.2. The summed E-state index contributed by atoms with van der Waals surface area (Å²) in [7, 11) is -0.0651. The highest BCUT2D eigenvalue weighted by Crippen LogP contribution is 2.08. The number of methoxy groups -OCH3 is 1. The number of rotatable bonds is 7. The minimum atomic E-state index is -1.36. The predicted octanol–water partition coefficient (Wildman–Crippen LogP) is 0.801. The second-order valence-corrected chi connectivity index (χ2v) is 5.93. The Balaban J connectivity index is 4.51. The molecule has 0 saturated heterocycles. The van der Waals surface area contributed by atoms with Crippen LogP contribution in [-0.4, -0.2) is 52.2 Å². The lowest BCUT2D eigenvalue weighted by molar-refractivity contribution is -0.144. The molecule has 0 radical (unpaired) electrons. The summed E-state index contributed by atoms with van der Waals surface area (Å²) in [5.41, 5.74) is 0. The van der Waals surface area contributed by atoms with Gasteiger partial charge in [0.25, 0.3) is 0 Å². The molecular formula is C12H23NO4S. The molecule has 0 saturated carbocycles. The maximum atomic E-state index is 12.0. The monoisotopic (exact) mass is 277 g/mol. The van der Waals surface area contributed by atoms with Gasteiger partial charge in [-0.3, -0.25) is 13.8 Å². The maximum absolute atomic E-state index is 12.0. The van der Waals surface area contributed by atoms with Gasteiger partial charge in [0.1, 0.15) is 5.25 Å². The van der Waals surface area contributed by atoms with Gasteiger partial charge in [0.05, 0.1) is 13.0 Å². The Morgan fingerprint density at radius 2 is 1.72 bits per heavy atom. The molecule has 0 aromatic carbocycles. The van der Waals surface area contributed by atoms with Crippen molar-refractivity contribution in [1.82, 2.24) is 4.90 Å². The Kier molecular flexibility index (Phi) is 7.82. The highest BCUT2D eigenvalue weighted by molar-refractivity contribution is 7.86. The van der Waals surface area contributed by atoms with Crippen molar-refractivity contribution in [2.45, 2.75) is 32.9 Å². The summed E-state index contributed by atoms with van der Waals surface area (Å²) in [6.07, 6.45) is 0. The summed E-state index contributed by atoms with van der Waals surface area (Å²) >= 11 is 0. The van der Waals surface area contributed by atoms with E-state index in [4.69, 9.17) is 0 Å². The normalized spacial score (nSPS) is 15.6. The lowest BCUT2D eigenvalue weighted by Crippen LogP contribution is -2.41. The van der Waals surface area contributed by atoms with Gasteiger partial charge in [-0.1, -0.05) is 6.92 Å². The van der Waals surface area contributed by atoms with E-state index in [9.17, 15) is 13.8 Å². The van der Waals surface area contributed by atoms with E-state index in [1.54, 1.807) is 18.7 Å². The fourth-order valence-electron chi connectivity index (χ4n) is 1.56. The molecule has 18 heavy (non-hydrogen) atoms. The molecule has 0 aliphatic carbocycles. The van der Waals surface area contributed by atoms with Crippen LogP contribution in [0.5, 0.6) is 0 Å². The first-order chi connectivity index (χ1) is 8.38. The van der Waals surface area contributed by atoms with E-state index >= 15 is 0 Å². The molecule has 0 spiro atoms. The molecule has 0 aliphatic rings. The largest absolute Gasteiger partial charge is 0.469 e. The van der Waals surface area contributed by atoms with E-state index < -0.39 is 27.9 Å². The Morgan fingerprint density at radius 3 is 2.11 bits per heavy atom. The van der Waals surface area contributed by atoms with Crippen LogP contribution in [0, 0.1) is 5.92 Å². The molecule has 0 heterocycles.